The van der Waals surface area contributed by atoms with Crippen LogP contribution in [0.5, 0.6) is 0 Å². The topological polar surface area (TPSA) is 82.0 Å². The van der Waals surface area contributed by atoms with Crippen LogP contribution in [0.1, 0.15) is 19.5 Å². The van der Waals surface area contributed by atoms with E-state index < -0.39 is 0 Å². The largest absolute Gasteiger partial charge is 0.382 e. The first-order valence-electron chi connectivity index (χ1n) is 6.13. The molecule has 0 aliphatic carbocycles. The first-order chi connectivity index (χ1) is 9.27. The lowest BCUT2D eigenvalue weighted by Crippen LogP contribution is -2.00. The van der Waals surface area contributed by atoms with Crippen molar-refractivity contribution < 1.29 is 0 Å². The standard InChI is InChI=1S/C11H10N6.C2H6/c1-7-5-8(11-13-3-2-4-14-11)9-10(12)15-6-16-17(7)9;1-2/h2-6H,1H3,(H2,12,15,16);1-2H3. The van der Waals surface area contributed by atoms with Crippen LogP contribution in [0.15, 0.2) is 30.9 Å². The number of nitrogens with two attached hydrogens (primary N) is 1. The molecule has 98 valence electrons. The molecule has 19 heavy (non-hydrogen) atoms. The second-order valence-electron chi connectivity index (χ2n) is 3.68. The van der Waals surface area contributed by atoms with Crippen LogP contribution in [-0.2, 0) is 0 Å². The van der Waals surface area contributed by atoms with Crippen molar-refractivity contribution in [2.24, 2.45) is 0 Å². The second kappa shape index (κ2) is 5.43. The van der Waals surface area contributed by atoms with Gasteiger partial charge in [-0.15, -0.1) is 0 Å². The fraction of sp³-hybridized carbons (Fsp3) is 0.231. The van der Waals surface area contributed by atoms with Gasteiger partial charge in [-0.05, 0) is 19.1 Å². The maximum Gasteiger partial charge on any atom is 0.161 e. The highest BCUT2D eigenvalue weighted by Gasteiger charge is 2.14. The molecule has 0 unspecified atom stereocenters. The van der Waals surface area contributed by atoms with Crippen LogP contribution < -0.4 is 5.73 Å². The number of anilines is 1. The third kappa shape index (κ3) is 2.24. The van der Waals surface area contributed by atoms with Gasteiger partial charge in [-0.3, -0.25) is 0 Å². The Labute approximate surface area is 111 Å². The molecule has 0 aliphatic heterocycles. The van der Waals surface area contributed by atoms with Gasteiger partial charge in [-0.2, -0.15) is 5.10 Å². The van der Waals surface area contributed by atoms with Gasteiger partial charge >= 0.3 is 0 Å². The van der Waals surface area contributed by atoms with Crippen molar-refractivity contribution in [1.82, 2.24) is 24.6 Å². The van der Waals surface area contributed by atoms with Gasteiger partial charge in [-0.25, -0.2) is 19.5 Å². The van der Waals surface area contributed by atoms with E-state index in [4.69, 9.17) is 5.73 Å². The molecule has 3 aromatic rings. The molecule has 2 N–H and O–H groups in total. The van der Waals surface area contributed by atoms with E-state index in [1.165, 1.54) is 6.33 Å². The van der Waals surface area contributed by atoms with E-state index in [1.54, 1.807) is 23.0 Å². The molecular weight excluding hydrogens is 240 g/mol. The van der Waals surface area contributed by atoms with E-state index in [1.807, 2.05) is 26.8 Å². The van der Waals surface area contributed by atoms with Crippen LogP contribution in [0.4, 0.5) is 5.82 Å². The van der Waals surface area contributed by atoms with Crippen LogP contribution in [0.3, 0.4) is 0 Å². The number of hydrogen-bond acceptors (Lipinski definition) is 5. The Kier molecular flexibility index (Phi) is 3.70. The van der Waals surface area contributed by atoms with E-state index in [0.717, 1.165) is 16.8 Å². The van der Waals surface area contributed by atoms with Crippen molar-refractivity contribution in [3.05, 3.63) is 36.5 Å². The van der Waals surface area contributed by atoms with Crippen molar-refractivity contribution >= 4 is 11.3 Å². The lowest BCUT2D eigenvalue weighted by molar-refractivity contribution is 0.875. The van der Waals surface area contributed by atoms with Crippen LogP contribution in [-0.4, -0.2) is 24.6 Å². The monoisotopic (exact) mass is 256 g/mol. The zero-order chi connectivity index (χ0) is 13.8. The number of aryl methyl sites for hydroxylation is 1. The number of nitrogens with zero attached hydrogens (tertiary/aromatic N) is 5. The summed E-state index contributed by atoms with van der Waals surface area (Å²) in [5.74, 6) is 1.05. The summed E-state index contributed by atoms with van der Waals surface area (Å²) in [7, 11) is 0. The van der Waals surface area contributed by atoms with Gasteiger partial charge in [0, 0.05) is 18.1 Å². The molecule has 0 saturated carbocycles. The maximum atomic E-state index is 5.88. The molecule has 0 bridgehead atoms. The van der Waals surface area contributed by atoms with Gasteiger partial charge in [0.05, 0.1) is 5.56 Å². The zero-order valence-electron chi connectivity index (χ0n) is 11.2. The highest BCUT2D eigenvalue weighted by Crippen LogP contribution is 2.26. The number of rotatable bonds is 1. The minimum atomic E-state index is 0.426. The molecule has 0 saturated heterocycles. The smallest absolute Gasteiger partial charge is 0.161 e. The SMILES string of the molecule is CC.Cc1cc(-c2ncccn2)c2c(N)ncnn12. The summed E-state index contributed by atoms with van der Waals surface area (Å²) in [6, 6.07) is 3.73. The molecule has 3 heterocycles. The highest BCUT2D eigenvalue weighted by atomic mass is 15.3. The van der Waals surface area contributed by atoms with Crippen molar-refractivity contribution in [3.8, 4) is 11.4 Å². The Morgan fingerprint density at radius 1 is 1.11 bits per heavy atom. The molecule has 0 fully saturated rings. The third-order valence-corrected chi connectivity index (χ3v) is 2.57. The Morgan fingerprint density at radius 2 is 1.79 bits per heavy atom. The van der Waals surface area contributed by atoms with E-state index in [9.17, 15) is 0 Å². The average Bonchev–Trinajstić information content (AvgIpc) is 2.81. The van der Waals surface area contributed by atoms with E-state index >= 15 is 0 Å². The maximum absolute atomic E-state index is 5.88. The van der Waals surface area contributed by atoms with E-state index in [-0.39, 0.29) is 0 Å². The number of fused-ring (bicyclic) bond motifs is 1. The molecule has 6 nitrogen and oxygen atoms in total. The molecular formula is C13H16N6. The summed E-state index contributed by atoms with van der Waals surface area (Å²) in [6.45, 7) is 5.95. The number of aromatic nitrogens is 5. The van der Waals surface area contributed by atoms with Crippen LogP contribution in [0.2, 0.25) is 0 Å². The van der Waals surface area contributed by atoms with Crippen molar-refractivity contribution in [2.45, 2.75) is 20.8 Å². The van der Waals surface area contributed by atoms with Gasteiger partial charge in [0.2, 0.25) is 0 Å². The lowest BCUT2D eigenvalue weighted by Gasteiger charge is -2.00. The highest BCUT2D eigenvalue weighted by molar-refractivity contribution is 5.85. The van der Waals surface area contributed by atoms with Crippen molar-refractivity contribution in [1.29, 1.82) is 0 Å². The molecule has 6 heteroatoms. The van der Waals surface area contributed by atoms with Gasteiger partial charge in [0.15, 0.2) is 11.6 Å². The molecule has 3 aromatic heterocycles. The minimum absolute atomic E-state index is 0.426. The number of hydrogen-bond donors (Lipinski definition) is 1. The second-order valence-corrected chi connectivity index (χ2v) is 3.68. The Balaban J connectivity index is 0.000000637. The normalized spacial score (nSPS) is 10.1. The Morgan fingerprint density at radius 3 is 2.47 bits per heavy atom. The van der Waals surface area contributed by atoms with Gasteiger partial charge in [0.25, 0.3) is 0 Å². The van der Waals surface area contributed by atoms with E-state index in [2.05, 4.69) is 20.1 Å². The minimum Gasteiger partial charge on any atom is -0.382 e. The fourth-order valence-corrected chi connectivity index (χ4v) is 1.83. The molecule has 0 spiro atoms. The quantitative estimate of drug-likeness (QED) is 0.721. The summed E-state index contributed by atoms with van der Waals surface area (Å²) in [4.78, 5) is 12.4. The summed E-state index contributed by atoms with van der Waals surface area (Å²) < 4.78 is 1.74. The first-order valence-corrected chi connectivity index (χ1v) is 6.13. The predicted molar refractivity (Wildman–Crippen MR) is 74.5 cm³/mol. The van der Waals surface area contributed by atoms with Crippen LogP contribution in [0.25, 0.3) is 16.9 Å². The molecule has 0 aromatic carbocycles. The molecule has 3 rings (SSSR count). The van der Waals surface area contributed by atoms with Crippen LogP contribution >= 0.6 is 0 Å². The molecule has 0 aliphatic rings. The molecule has 0 atom stereocenters. The zero-order valence-corrected chi connectivity index (χ0v) is 11.2. The van der Waals surface area contributed by atoms with Crippen molar-refractivity contribution in [3.63, 3.8) is 0 Å². The summed E-state index contributed by atoms with van der Waals surface area (Å²) in [6.07, 6.45) is 4.83. The average molecular weight is 256 g/mol. The molecule has 0 amide bonds. The van der Waals surface area contributed by atoms with Crippen molar-refractivity contribution in [2.75, 3.05) is 5.73 Å². The molecule has 0 radical (unpaired) electrons. The van der Waals surface area contributed by atoms with Gasteiger partial charge < -0.3 is 5.73 Å². The third-order valence-electron chi connectivity index (χ3n) is 2.57. The summed E-state index contributed by atoms with van der Waals surface area (Å²) in [5.41, 5.74) is 8.44. The van der Waals surface area contributed by atoms with Gasteiger partial charge in [0.1, 0.15) is 11.8 Å². The predicted octanol–water partition coefficient (Wildman–Crippen LogP) is 2.10. The number of nitrogen functional groups attached to an aromatic ring is 1. The van der Waals surface area contributed by atoms with Crippen LogP contribution in [0, 0.1) is 6.92 Å². The fourth-order valence-electron chi connectivity index (χ4n) is 1.83. The summed E-state index contributed by atoms with van der Waals surface area (Å²) >= 11 is 0. The first kappa shape index (κ1) is 12.9. The Bertz CT molecular complexity index is 674. The summed E-state index contributed by atoms with van der Waals surface area (Å²) in [5, 5.41) is 4.16. The van der Waals surface area contributed by atoms with E-state index in [0.29, 0.717) is 11.6 Å². The van der Waals surface area contributed by atoms with Gasteiger partial charge in [-0.1, -0.05) is 13.8 Å². The lowest BCUT2D eigenvalue weighted by atomic mass is 10.2. The Hall–Kier alpha value is -2.50.